The third-order valence-corrected chi connectivity index (χ3v) is 4.69. The molecule has 2 rings (SSSR count). The molecule has 0 radical (unpaired) electrons. The number of nitrogens with zero attached hydrogens (tertiary/aromatic N) is 4. The third-order valence-electron chi connectivity index (χ3n) is 2.87. The lowest BCUT2D eigenvalue weighted by molar-refractivity contribution is 0.0696. The molecule has 0 aliphatic heterocycles. The number of likely N-dealkylation sites (N-methyl/N-ethyl adjacent to an activating group) is 1. The van der Waals surface area contributed by atoms with Crippen LogP contribution in [-0.4, -0.2) is 52.2 Å². The molecular weight excluding hydrogens is 296 g/mol. The Balaban J connectivity index is 2.16. The SMILES string of the molecule is CN(CCn1cccn1)S(=O)(=O)c1cncc(C(=O)O)c1. The predicted octanol–water partition coefficient (Wildman–Crippen LogP) is 0.297. The van der Waals surface area contributed by atoms with E-state index in [-0.39, 0.29) is 17.0 Å². The summed E-state index contributed by atoms with van der Waals surface area (Å²) in [5, 5.41) is 12.9. The summed E-state index contributed by atoms with van der Waals surface area (Å²) in [5.41, 5.74) is -0.170. The van der Waals surface area contributed by atoms with E-state index in [1.807, 2.05) is 0 Å². The first-order chi connectivity index (χ1) is 9.91. The van der Waals surface area contributed by atoms with E-state index in [1.165, 1.54) is 7.05 Å². The fourth-order valence-electron chi connectivity index (χ4n) is 1.65. The standard InChI is InChI=1S/C12H14N4O4S/c1-15(5-6-16-4-2-3-14-16)21(19,20)11-7-10(12(17)18)8-13-9-11/h2-4,7-9H,5-6H2,1H3,(H,17,18). The van der Waals surface area contributed by atoms with Gasteiger partial charge in [0.25, 0.3) is 0 Å². The third kappa shape index (κ3) is 3.44. The summed E-state index contributed by atoms with van der Waals surface area (Å²) in [6.45, 7) is 0.607. The first-order valence-corrected chi connectivity index (χ1v) is 7.47. The van der Waals surface area contributed by atoms with Gasteiger partial charge >= 0.3 is 5.97 Å². The molecule has 0 bridgehead atoms. The summed E-state index contributed by atoms with van der Waals surface area (Å²) in [7, 11) is -2.36. The van der Waals surface area contributed by atoms with Gasteiger partial charge in [0.05, 0.1) is 12.1 Å². The van der Waals surface area contributed by atoms with Crippen LogP contribution in [0.25, 0.3) is 0 Å². The van der Waals surface area contributed by atoms with Crippen molar-refractivity contribution < 1.29 is 18.3 Å². The minimum atomic E-state index is -3.78. The maximum atomic E-state index is 12.3. The Hall–Kier alpha value is -2.26. The van der Waals surface area contributed by atoms with Crippen LogP contribution < -0.4 is 0 Å². The molecule has 2 aromatic heterocycles. The van der Waals surface area contributed by atoms with Crippen molar-refractivity contribution in [2.24, 2.45) is 0 Å². The van der Waals surface area contributed by atoms with Gasteiger partial charge < -0.3 is 5.11 Å². The van der Waals surface area contributed by atoms with Gasteiger partial charge in [-0.1, -0.05) is 0 Å². The van der Waals surface area contributed by atoms with Gasteiger partial charge in [0.2, 0.25) is 10.0 Å². The predicted molar refractivity (Wildman–Crippen MR) is 73.2 cm³/mol. The second-order valence-electron chi connectivity index (χ2n) is 4.31. The summed E-state index contributed by atoms with van der Waals surface area (Å²) >= 11 is 0. The zero-order valence-corrected chi connectivity index (χ0v) is 12.1. The van der Waals surface area contributed by atoms with Crippen molar-refractivity contribution in [3.63, 3.8) is 0 Å². The molecular formula is C12H14N4O4S. The van der Waals surface area contributed by atoms with Crippen molar-refractivity contribution >= 4 is 16.0 Å². The maximum Gasteiger partial charge on any atom is 0.337 e. The van der Waals surface area contributed by atoms with E-state index in [0.717, 1.165) is 22.8 Å². The smallest absolute Gasteiger partial charge is 0.337 e. The minimum absolute atomic E-state index is 0.148. The highest BCUT2D eigenvalue weighted by Gasteiger charge is 2.22. The molecule has 112 valence electrons. The Bertz CT molecular complexity index is 727. The van der Waals surface area contributed by atoms with E-state index < -0.39 is 16.0 Å². The maximum absolute atomic E-state index is 12.3. The molecule has 9 heteroatoms. The Morgan fingerprint density at radius 1 is 1.43 bits per heavy atom. The van der Waals surface area contributed by atoms with Crippen molar-refractivity contribution in [2.75, 3.05) is 13.6 Å². The van der Waals surface area contributed by atoms with Gasteiger partial charge in [0, 0.05) is 38.4 Å². The molecule has 0 fully saturated rings. The lowest BCUT2D eigenvalue weighted by Gasteiger charge is -2.17. The Labute approximate surface area is 121 Å². The molecule has 1 N–H and O–H groups in total. The highest BCUT2D eigenvalue weighted by atomic mass is 32.2. The molecule has 0 saturated carbocycles. The number of aromatic carboxylic acids is 1. The molecule has 2 heterocycles. The highest BCUT2D eigenvalue weighted by molar-refractivity contribution is 7.89. The Morgan fingerprint density at radius 2 is 2.19 bits per heavy atom. The fraction of sp³-hybridized carbons (Fsp3) is 0.250. The van der Waals surface area contributed by atoms with Gasteiger partial charge in [-0.15, -0.1) is 0 Å². The molecule has 0 aliphatic carbocycles. The van der Waals surface area contributed by atoms with Crippen LogP contribution in [0.5, 0.6) is 0 Å². The first kappa shape index (κ1) is 15.1. The fourth-order valence-corrected chi connectivity index (χ4v) is 2.80. The molecule has 21 heavy (non-hydrogen) atoms. The monoisotopic (exact) mass is 310 g/mol. The summed E-state index contributed by atoms with van der Waals surface area (Å²) in [6.07, 6.45) is 5.57. The van der Waals surface area contributed by atoms with Gasteiger partial charge in [-0.25, -0.2) is 13.2 Å². The second-order valence-corrected chi connectivity index (χ2v) is 6.36. The minimum Gasteiger partial charge on any atom is -0.478 e. The number of hydrogen-bond acceptors (Lipinski definition) is 5. The second kappa shape index (κ2) is 6.02. The van der Waals surface area contributed by atoms with E-state index in [0.29, 0.717) is 6.54 Å². The van der Waals surface area contributed by atoms with Gasteiger partial charge in [0.1, 0.15) is 4.90 Å². The van der Waals surface area contributed by atoms with E-state index in [2.05, 4.69) is 10.1 Å². The number of carboxylic acid groups (broad SMARTS) is 1. The first-order valence-electron chi connectivity index (χ1n) is 6.03. The lowest BCUT2D eigenvalue weighted by atomic mass is 10.3. The zero-order valence-electron chi connectivity index (χ0n) is 11.2. The van der Waals surface area contributed by atoms with Gasteiger partial charge in [-0.05, 0) is 12.1 Å². The van der Waals surface area contributed by atoms with E-state index in [4.69, 9.17) is 5.11 Å². The summed E-state index contributed by atoms with van der Waals surface area (Å²) in [4.78, 5) is 14.4. The van der Waals surface area contributed by atoms with Crippen LogP contribution in [0.15, 0.2) is 41.8 Å². The molecule has 0 aliphatic rings. The number of rotatable bonds is 6. The van der Waals surface area contributed by atoms with Crippen LogP contribution >= 0.6 is 0 Å². The number of pyridine rings is 1. The number of carbonyl (C=O) groups is 1. The molecule has 8 nitrogen and oxygen atoms in total. The van der Waals surface area contributed by atoms with E-state index in [9.17, 15) is 13.2 Å². The number of hydrogen-bond donors (Lipinski definition) is 1. The van der Waals surface area contributed by atoms with Crippen molar-refractivity contribution in [3.8, 4) is 0 Å². The van der Waals surface area contributed by atoms with Gasteiger partial charge in [0.15, 0.2) is 0 Å². The molecule has 0 spiro atoms. The summed E-state index contributed by atoms with van der Waals surface area (Å²) in [5.74, 6) is -1.22. The van der Waals surface area contributed by atoms with Crippen LogP contribution in [0, 0.1) is 0 Å². The lowest BCUT2D eigenvalue weighted by Crippen LogP contribution is -2.30. The van der Waals surface area contributed by atoms with Gasteiger partial charge in [-0.3, -0.25) is 9.67 Å². The zero-order chi connectivity index (χ0) is 15.5. The number of aromatic nitrogens is 3. The number of carboxylic acids is 1. The molecule has 0 saturated heterocycles. The molecule has 0 amide bonds. The van der Waals surface area contributed by atoms with Crippen molar-refractivity contribution in [1.29, 1.82) is 0 Å². The Kier molecular flexibility index (Phi) is 4.34. The Morgan fingerprint density at radius 3 is 2.81 bits per heavy atom. The highest BCUT2D eigenvalue weighted by Crippen LogP contribution is 2.14. The quantitative estimate of drug-likeness (QED) is 0.822. The molecule has 0 unspecified atom stereocenters. The van der Waals surface area contributed by atoms with Gasteiger partial charge in [-0.2, -0.15) is 9.40 Å². The van der Waals surface area contributed by atoms with Crippen LogP contribution in [0.3, 0.4) is 0 Å². The van der Waals surface area contributed by atoms with Crippen LogP contribution in [0.2, 0.25) is 0 Å². The number of sulfonamides is 1. The molecule has 0 aromatic carbocycles. The van der Waals surface area contributed by atoms with Crippen LogP contribution in [0.1, 0.15) is 10.4 Å². The average Bonchev–Trinajstić information content (AvgIpc) is 2.98. The topological polar surface area (TPSA) is 105 Å². The molecule has 2 aromatic rings. The largest absolute Gasteiger partial charge is 0.478 e. The normalized spacial score (nSPS) is 11.7. The van der Waals surface area contributed by atoms with Crippen molar-refractivity contribution in [1.82, 2.24) is 19.1 Å². The summed E-state index contributed by atoms with van der Waals surface area (Å²) in [6, 6.07) is 2.84. The van der Waals surface area contributed by atoms with E-state index in [1.54, 1.807) is 23.1 Å². The summed E-state index contributed by atoms with van der Waals surface area (Å²) < 4.78 is 27.4. The average molecular weight is 310 g/mol. The van der Waals surface area contributed by atoms with Crippen LogP contribution in [-0.2, 0) is 16.6 Å². The van der Waals surface area contributed by atoms with Crippen molar-refractivity contribution in [2.45, 2.75) is 11.4 Å². The van der Waals surface area contributed by atoms with Crippen molar-refractivity contribution in [3.05, 3.63) is 42.5 Å². The van der Waals surface area contributed by atoms with Crippen LogP contribution in [0.4, 0.5) is 0 Å². The molecule has 0 atom stereocenters. The van der Waals surface area contributed by atoms with E-state index >= 15 is 0 Å².